The van der Waals surface area contributed by atoms with Gasteiger partial charge >= 0.3 is 0 Å². The van der Waals surface area contributed by atoms with Gasteiger partial charge in [0.2, 0.25) is 0 Å². The molecule has 116 valence electrons. The van der Waals surface area contributed by atoms with Crippen LogP contribution in [0.3, 0.4) is 0 Å². The van der Waals surface area contributed by atoms with Crippen LogP contribution in [0.5, 0.6) is 0 Å². The van der Waals surface area contributed by atoms with Crippen molar-refractivity contribution >= 4 is 0 Å². The largest absolute Gasteiger partial charge is 0.236 e. The van der Waals surface area contributed by atoms with Crippen LogP contribution in [-0.2, 0) is 9.78 Å². The first-order valence-electron chi connectivity index (χ1n) is 8.55. The Balaban J connectivity index is 4.18. The SMILES string of the molecule is CCCCCCCC(CCC)(CCC)OOCCC. The van der Waals surface area contributed by atoms with Crippen molar-refractivity contribution in [2.75, 3.05) is 6.61 Å². The van der Waals surface area contributed by atoms with E-state index in [1.807, 2.05) is 0 Å². The second kappa shape index (κ2) is 12.9. The molecule has 0 rings (SSSR count). The Morgan fingerprint density at radius 1 is 0.632 bits per heavy atom. The van der Waals surface area contributed by atoms with Crippen molar-refractivity contribution in [3.05, 3.63) is 0 Å². The maximum Gasteiger partial charge on any atom is 0.104 e. The van der Waals surface area contributed by atoms with Gasteiger partial charge in [0.15, 0.2) is 0 Å². The minimum atomic E-state index is -0.0229. The van der Waals surface area contributed by atoms with Gasteiger partial charge < -0.3 is 0 Å². The van der Waals surface area contributed by atoms with Gasteiger partial charge in [-0.2, -0.15) is 0 Å². The zero-order valence-corrected chi connectivity index (χ0v) is 13.8. The van der Waals surface area contributed by atoms with Crippen LogP contribution in [0.2, 0.25) is 0 Å². The van der Waals surface area contributed by atoms with Crippen LogP contribution in [0.4, 0.5) is 0 Å². The molecule has 2 heteroatoms. The monoisotopic (exact) mass is 272 g/mol. The van der Waals surface area contributed by atoms with Crippen LogP contribution >= 0.6 is 0 Å². The molecule has 19 heavy (non-hydrogen) atoms. The Morgan fingerprint density at radius 3 is 1.79 bits per heavy atom. The van der Waals surface area contributed by atoms with Gasteiger partial charge in [-0.25, -0.2) is 9.78 Å². The highest BCUT2D eigenvalue weighted by Crippen LogP contribution is 2.31. The standard InChI is InChI=1S/C17H36O2/c1-5-9-10-11-12-15-17(13-6-2,14-7-3)19-18-16-8-4/h5-16H2,1-4H3. The molecule has 0 saturated carbocycles. The summed E-state index contributed by atoms with van der Waals surface area (Å²) in [5, 5.41) is 0. The van der Waals surface area contributed by atoms with Gasteiger partial charge in [-0.15, -0.1) is 0 Å². The third-order valence-electron chi connectivity index (χ3n) is 3.67. The van der Waals surface area contributed by atoms with Crippen LogP contribution in [0, 0.1) is 0 Å². The molecule has 0 spiro atoms. The van der Waals surface area contributed by atoms with Gasteiger partial charge in [-0.1, -0.05) is 72.6 Å². The number of hydrogen-bond acceptors (Lipinski definition) is 2. The van der Waals surface area contributed by atoms with E-state index < -0.39 is 0 Å². The van der Waals surface area contributed by atoms with Gasteiger partial charge in [-0.3, -0.25) is 0 Å². The number of unbranched alkanes of at least 4 members (excludes halogenated alkanes) is 4. The Morgan fingerprint density at radius 2 is 1.26 bits per heavy atom. The molecule has 0 heterocycles. The van der Waals surface area contributed by atoms with Gasteiger partial charge in [0.1, 0.15) is 5.60 Å². The van der Waals surface area contributed by atoms with E-state index in [2.05, 4.69) is 27.7 Å². The van der Waals surface area contributed by atoms with Gasteiger partial charge in [0, 0.05) is 0 Å². The first-order chi connectivity index (χ1) is 9.24. The van der Waals surface area contributed by atoms with Crippen molar-refractivity contribution in [2.45, 2.75) is 104 Å². The smallest absolute Gasteiger partial charge is 0.104 e. The Kier molecular flexibility index (Phi) is 12.9. The van der Waals surface area contributed by atoms with E-state index in [-0.39, 0.29) is 5.60 Å². The summed E-state index contributed by atoms with van der Waals surface area (Å²) in [4.78, 5) is 11.3. The van der Waals surface area contributed by atoms with Crippen LogP contribution < -0.4 is 0 Å². The molecule has 2 nitrogen and oxygen atoms in total. The molecule has 0 radical (unpaired) electrons. The average Bonchev–Trinajstić information content (AvgIpc) is 2.39. The molecule has 0 aliphatic heterocycles. The first-order valence-corrected chi connectivity index (χ1v) is 8.55. The minimum absolute atomic E-state index is 0.0229. The highest BCUT2D eigenvalue weighted by Gasteiger charge is 2.30. The summed E-state index contributed by atoms with van der Waals surface area (Å²) in [5.74, 6) is 0. The topological polar surface area (TPSA) is 18.5 Å². The molecule has 0 bridgehead atoms. The summed E-state index contributed by atoms with van der Waals surface area (Å²) in [6.45, 7) is 9.58. The maximum atomic E-state index is 5.86. The Hall–Kier alpha value is -0.0800. The van der Waals surface area contributed by atoms with Crippen molar-refractivity contribution in [3.63, 3.8) is 0 Å². The molecule has 0 aliphatic carbocycles. The zero-order valence-electron chi connectivity index (χ0n) is 13.8. The van der Waals surface area contributed by atoms with Crippen LogP contribution in [0.25, 0.3) is 0 Å². The third kappa shape index (κ3) is 9.45. The number of hydrogen-bond donors (Lipinski definition) is 0. The highest BCUT2D eigenvalue weighted by atomic mass is 17.2. The van der Waals surface area contributed by atoms with Crippen molar-refractivity contribution in [3.8, 4) is 0 Å². The Bertz CT molecular complexity index is 174. The minimum Gasteiger partial charge on any atom is -0.236 e. The van der Waals surface area contributed by atoms with Crippen LogP contribution in [0.15, 0.2) is 0 Å². The second-order valence-electron chi connectivity index (χ2n) is 5.75. The summed E-state index contributed by atoms with van der Waals surface area (Å²) in [6, 6.07) is 0. The molecule has 0 fully saturated rings. The van der Waals surface area contributed by atoms with E-state index in [9.17, 15) is 0 Å². The average molecular weight is 272 g/mol. The van der Waals surface area contributed by atoms with Gasteiger partial charge in [0.25, 0.3) is 0 Å². The number of rotatable bonds is 14. The van der Waals surface area contributed by atoms with E-state index in [1.165, 1.54) is 44.9 Å². The second-order valence-corrected chi connectivity index (χ2v) is 5.75. The predicted molar refractivity (Wildman–Crippen MR) is 83.3 cm³/mol. The molecule has 0 unspecified atom stereocenters. The molecule has 0 N–H and O–H groups in total. The fraction of sp³-hybridized carbons (Fsp3) is 1.00. The maximum absolute atomic E-state index is 5.86. The molecule has 0 aromatic carbocycles. The lowest BCUT2D eigenvalue weighted by molar-refractivity contribution is -0.366. The van der Waals surface area contributed by atoms with E-state index in [0.717, 1.165) is 25.7 Å². The van der Waals surface area contributed by atoms with Crippen LogP contribution in [-0.4, -0.2) is 12.2 Å². The quantitative estimate of drug-likeness (QED) is 0.218. The van der Waals surface area contributed by atoms with Crippen LogP contribution in [0.1, 0.15) is 98.3 Å². The first kappa shape index (κ1) is 18.9. The molecule has 0 saturated heterocycles. The van der Waals surface area contributed by atoms with E-state index in [4.69, 9.17) is 9.78 Å². The lowest BCUT2D eigenvalue weighted by Gasteiger charge is -2.32. The summed E-state index contributed by atoms with van der Waals surface area (Å²) >= 11 is 0. The van der Waals surface area contributed by atoms with Crippen molar-refractivity contribution in [1.82, 2.24) is 0 Å². The normalized spacial score (nSPS) is 12.0. The molecule has 0 aromatic heterocycles. The predicted octanol–water partition coefficient (Wildman–Crippen LogP) is 6.04. The third-order valence-corrected chi connectivity index (χ3v) is 3.67. The molecule has 0 atom stereocenters. The van der Waals surface area contributed by atoms with Crippen molar-refractivity contribution in [2.24, 2.45) is 0 Å². The van der Waals surface area contributed by atoms with Crippen molar-refractivity contribution in [1.29, 1.82) is 0 Å². The summed E-state index contributed by atoms with van der Waals surface area (Å²) in [5.41, 5.74) is -0.0229. The molecule has 0 amide bonds. The molecule has 0 aliphatic rings. The van der Waals surface area contributed by atoms with E-state index in [1.54, 1.807) is 0 Å². The fourth-order valence-electron chi connectivity index (χ4n) is 2.71. The lowest BCUT2D eigenvalue weighted by Crippen LogP contribution is -2.33. The molecular formula is C17H36O2. The molecular weight excluding hydrogens is 236 g/mol. The molecule has 0 aromatic rings. The van der Waals surface area contributed by atoms with Gasteiger partial charge in [-0.05, 0) is 25.7 Å². The Labute approximate surface area is 121 Å². The highest BCUT2D eigenvalue weighted by molar-refractivity contribution is 4.79. The summed E-state index contributed by atoms with van der Waals surface area (Å²) in [6.07, 6.45) is 13.4. The summed E-state index contributed by atoms with van der Waals surface area (Å²) in [7, 11) is 0. The van der Waals surface area contributed by atoms with Gasteiger partial charge in [0.05, 0.1) is 6.61 Å². The lowest BCUT2D eigenvalue weighted by atomic mass is 9.87. The fourth-order valence-corrected chi connectivity index (χ4v) is 2.71. The van der Waals surface area contributed by atoms with E-state index in [0.29, 0.717) is 6.61 Å². The zero-order chi connectivity index (χ0) is 14.4. The van der Waals surface area contributed by atoms with Crippen molar-refractivity contribution < 1.29 is 9.78 Å². The van der Waals surface area contributed by atoms with E-state index >= 15 is 0 Å². The summed E-state index contributed by atoms with van der Waals surface area (Å²) < 4.78 is 0.